The summed E-state index contributed by atoms with van der Waals surface area (Å²) in [6, 6.07) is 19.9. The standard InChI is InChI=1S/C26H27N3O4/c1-26(2,3)19-10-13-21(14-11-19)33-23-15-12-20(16-28-23)27-17-22(25(31)32-4)29-24(30)18-8-6-5-7-9-18/h5-17,27H,1-4H3,(H,29,30). The van der Waals surface area contributed by atoms with Gasteiger partial charge in [0.15, 0.2) is 0 Å². The first kappa shape index (κ1) is 23.5. The van der Waals surface area contributed by atoms with Crippen LogP contribution in [0.5, 0.6) is 11.6 Å². The number of esters is 1. The number of carbonyl (C=O) groups excluding carboxylic acids is 2. The highest BCUT2D eigenvalue weighted by Crippen LogP contribution is 2.26. The molecule has 0 aliphatic heterocycles. The van der Waals surface area contributed by atoms with Gasteiger partial charge in [-0.05, 0) is 41.3 Å². The molecule has 3 rings (SSSR count). The van der Waals surface area contributed by atoms with E-state index in [0.717, 1.165) is 0 Å². The zero-order chi connectivity index (χ0) is 23.8. The summed E-state index contributed by atoms with van der Waals surface area (Å²) in [7, 11) is 1.24. The topological polar surface area (TPSA) is 89.6 Å². The molecule has 0 aliphatic carbocycles. The van der Waals surface area contributed by atoms with Crippen molar-refractivity contribution in [2.24, 2.45) is 0 Å². The van der Waals surface area contributed by atoms with Gasteiger partial charge in [0.25, 0.3) is 5.91 Å². The molecule has 0 fully saturated rings. The number of benzene rings is 2. The number of pyridine rings is 1. The molecule has 170 valence electrons. The molecule has 0 bridgehead atoms. The summed E-state index contributed by atoms with van der Waals surface area (Å²) < 4.78 is 10.6. The maximum atomic E-state index is 12.4. The van der Waals surface area contributed by atoms with Crippen molar-refractivity contribution in [1.82, 2.24) is 10.3 Å². The van der Waals surface area contributed by atoms with Gasteiger partial charge in [-0.1, -0.05) is 51.1 Å². The zero-order valence-electron chi connectivity index (χ0n) is 19.1. The third kappa shape index (κ3) is 6.67. The lowest BCUT2D eigenvalue weighted by atomic mass is 9.87. The Kier molecular flexibility index (Phi) is 7.46. The van der Waals surface area contributed by atoms with Crippen molar-refractivity contribution in [1.29, 1.82) is 0 Å². The minimum absolute atomic E-state index is 0.0365. The summed E-state index contributed by atoms with van der Waals surface area (Å²) in [5, 5.41) is 5.49. The molecule has 1 heterocycles. The van der Waals surface area contributed by atoms with E-state index in [1.54, 1.807) is 48.7 Å². The van der Waals surface area contributed by atoms with Crippen LogP contribution in [0.4, 0.5) is 5.69 Å². The van der Waals surface area contributed by atoms with Gasteiger partial charge in [-0.25, -0.2) is 9.78 Å². The molecular formula is C26H27N3O4. The van der Waals surface area contributed by atoms with Gasteiger partial charge in [0, 0.05) is 17.8 Å². The van der Waals surface area contributed by atoms with Crippen LogP contribution in [0.3, 0.4) is 0 Å². The van der Waals surface area contributed by atoms with E-state index in [0.29, 0.717) is 22.9 Å². The maximum Gasteiger partial charge on any atom is 0.356 e. The van der Waals surface area contributed by atoms with E-state index >= 15 is 0 Å². The predicted octanol–water partition coefficient (Wildman–Crippen LogP) is 5.03. The van der Waals surface area contributed by atoms with E-state index in [4.69, 9.17) is 9.47 Å². The van der Waals surface area contributed by atoms with Gasteiger partial charge in [0.2, 0.25) is 5.88 Å². The van der Waals surface area contributed by atoms with E-state index in [1.807, 2.05) is 24.3 Å². The van der Waals surface area contributed by atoms with Crippen LogP contribution in [0.15, 0.2) is 84.8 Å². The molecule has 1 amide bonds. The lowest BCUT2D eigenvalue weighted by Gasteiger charge is -2.19. The second-order valence-electron chi connectivity index (χ2n) is 8.28. The van der Waals surface area contributed by atoms with E-state index in [-0.39, 0.29) is 11.1 Å². The Bertz CT molecular complexity index is 1120. The fourth-order valence-electron chi connectivity index (χ4n) is 2.87. The molecule has 0 atom stereocenters. The van der Waals surface area contributed by atoms with Crippen molar-refractivity contribution in [3.63, 3.8) is 0 Å². The lowest BCUT2D eigenvalue weighted by molar-refractivity contribution is -0.136. The summed E-state index contributed by atoms with van der Waals surface area (Å²) >= 11 is 0. The number of hydrogen-bond acceptors (Lipinski definition) is 6. The fourth-order valence-corrected chi connectivity index (χ4v) is 2.87. The summed E-state index contributed by atoms with van der Waals surface area (Å²) in [6.07, 6.45) is 2.92. The van der Waals surface area contributed by atoms with Gasteiger partial charge < -0.3 is 20.1 Å². The molecule has 33 heavy (non-hydrogen) atoms. The number of nitrogens with zero attached hydrogens (tertiary/aromatic N) is 1. The molecule has 7 nitrogen and oxygen atoms in total. The minimum Gasteiger partial charge on any atom is -0.464 e. The average molecular weight is 446 g/mol. The molecular weight excluding hydrogens is 418 g/mol. The van der Waals surface area contributed by atoms with Gasteiger partial charge >= 0.3 is 5.97 Å². The Morgan fingerprint density at radius 2 is 1.64 bits per heavy atom. The average Bonchev–Trinajstić information content (AvgIpc) is 2.82. The molecule has 1 aromatic heterocycles. The van der Waals surface area contributed by atoms with Crippen LogP contribution in [0.1, 0.15) is 36.7 Å². The molecule has 0 saturated carbocycles. The van der Waals surface area contributed by atoms with Gasteiger partial charge in [-0.2, -0.15) is 0 Å². The van der Waals surface area contributed by atoms with Crippen LogP contribution in [0.2, 0.25) is 0 Å². The van der Waals surface area contributed by atoms with Crippen molar-refractivity contribution < 1.29 is 19.1 Å². The highest BCUT2D eigenvalue weighted by Gasteiger charge is 2.15. The first-order chi connectivity index (χ1) is 15.8. The normalized spacial score (nSPS) is 11.5. The fraction of sp³-hybridized carbons (Fsp3) is 0.192. The van der Waals surface area contributed by atoms with Crippen LogP contribution in [-0.4, -0.2) is 24.0 Å². The number of ether oxygens (including phenoxy) is 2. The molecule has 3 aromatic rings. The molecule has 0 radical (unpaired) electrons. The van der Waals surface area contributed by atoms with E-state index in [2.05, 4.69) is 36.4 Å². The lowest BCUT2D eigenvalue weighted by Crippen LogP contribution is -2.28. The third-order valence-corrected chi connectivity index (χ3v) is 4.75. The number of rotatable bonds is 7. The van der Waals surface area contributed by atoms with Gasteiger partial charge in [-0.15, -0.1) is 0 Å². The maximum absolute atomic E-state index is 12.4. The van der Waals surface area contributed by atoms with Crippen molar-refractivity contribution in [2.45, 2.75) is 26.2 Å². The number of amides is 1. The molecule has 0 saturated heterocycles. The molecule has 2 N–H and O–H groups in total. The predicted molar refractivity (Wildman–Crippen MR) is 127 cm³/mol. The second kappa shape index (κ2) is 10.5. The van der Waals surface area contributed by atoms with Crippen LogP contribution in [0.25, 0.3) is 0 Å². The zero-order valence-corrected chi connectivity index (χ0v) is 19.1. The summed E-state index contributed by atoms with van der Waals surface area (Å²) in [4.78, 5) is 28.7. The number of hydrogen-bond donors (Lipinski definition) is 2. The van der Waals surface area contributed by atoms with Gasteiger partial charge in [0.1, 0.15) is 11.4 Å². The Morgan fingerprint density at radius 1 is 0.939 bits per heavy atom. The van der Waals surface area contributed by atoms with Crippen molar-refractivity contribution in [3.8, 4) is 11.6 Å². The minimum atomic E-state index is -0.682. The molecule has 7 heteroatoms. The number of nitrogens with one attached hydrogen (secondary N) is 2. The Balaban J connectivity index is 1.65. The van der Waals surface area contributed by atoms with Crippen LogP contribution < -0.4 is 15.4 Å². The smallest absolute Gasteiger partial charge is 0.356 e. The first-order valence-corrected chi connectivity index (χ1v) is 10.4. The molecule has 0 aliphatic rings. The van der Waals surface area contributed by atoms with E-state index < -0.39 is 11.9 Å². The highest BCUT2D eigenvalue weighted by atomic mass is 16.5. The first-order valence-electron chi connectivity index (χ1n) is 10.4. The number of anilines is 1. The monoisotopic (exact) mass is 445 g/mol. The summed E-state index contributed by atoms with van der Waals surface area (Å²) in [5.74, 6) is 0.0121. The van der Waals surface area contributed by atoms with Crippen molar-refractivity contribution in [2.75, 3.05) is 12.4 Å². The van der Waals surface area contributed by atoms with Crippen molar-refractivity contribution in [3.05, 3.63) is 96.0 Å². The van der Waals surface area contributed by atoms with Crippen LogP contribution in [-0.2, 0) is 14.9 Å². The molecule has 0 unspecified atom stereocenters. The summed E-state index contributed by atoms with van der Waals surface area (Å²) in [6.45, 7) is 6.47. The van der Waals surface area contributed by atoms with Crippen molar-refractivity contribution >= 4 is 17.6 Å². The van der Waals surface area contributed by atoms with E-state index in [9.17, 15) is 9.59 Å². The Labute approximate surface area is 193 Å². The Hall–Kier alpha value is -4.13. The highest BCUT2D eigenvalue weighted by molar-refractivity contribution is 6.01. The SMILES string of the molecule is COC(=O)C(=CNc1ccc(Oc2ccc(C(C)(C)C)cc2)nc1)NC(=O)c1ccccc1. The second-order valence-corrected chi connectivity index (χ2v) is 8.28. The van der Waals surface area contributed by atoms with Gasteiger partial charge in [0.05, 0.1) is 19.0 Å². The third-order valence-electron chi connectivity index (χ3n) is 4.75. The van der Waals surface area contributed by atoms with Gasteiger partial charge in [-0.3, -0.25) is 4.79 Å². The van der Waals surface area contributed by atoms with Crippen LogP contribution >= 0.6 is 0 Å². The number of methoxy groups -OCH3 is 1. The molecule has 2 aromatic carbocycles. The Morgan fingerprint density at radius 3 is 2.21 bits per heavy atom. The number of carbonyl (C=O) groups is 2. The largest absolute Gasteiger partial charge is 0.464 e. The number of aromatic nitrogens is 1. The summed E-state index contributed by atoms with van der Waals surface area (Å²) in [5.41, 5.74) is 2.27. The van der Waals surface area contributed by atoms with E-state index in [1.165, 1.54) is 18.9 Å². The molecule has 0 spiro atoms. The van der Waals surface area contributed by atoms with Crippen LogP contribution in [0, 0.1) is 0 Å². The quantitative estimate of drug-likeness (QED) is 0.392.